The molecule has 8 heteroatoms. The second-order valence-corrected chi connectivity index (χ2v) is 12.6. The van der Waals surface area contributed by atoms with Crippen molar-refractivity contribution < 1.29 is 24.2 Å². The minimum absolute atomic E-state index is 0.179. The number of nitrogens with zero attached hydrogens (tertiary/aromatic N) is 2. The molecule has 2 amide bonds. The van der Waals surface area contributed by atoms with E-state index in [9.17, 15) is 19.5 Å². The first-order valence-electron chi connectivity index (χ1n) is 13.2. The lowest BCUT2D eigenvalue weighted by Gasteiger charge is -2.39. The van der Waals surface area contributed by atoms with Gasteiger partial charge in [-0.3, -0.25) is 14.4 Å². The van der Waals surface area contributed by atoms with Gasteiger partial charge in [0.25, 0.3) is 5.91 Å². The van der Waals surface area contributed by atoms with Crippen molar-refractivity contribution in [2.75, 3.05) is 24.7 Å². The number of hydrogen-bond donors (Lipinski definition) is 1. The van der Waals surface area contributed by atoms with Crippen LogP contribution in [0.1, 0.15) is 44.2 Å². The first-order chi connectivity index (χ1) is 17.7. The zero-order valence-corrected chi connectivity index (χ0v) is 22.8. The number of benzene rings is 1. The first kappa shape index (κ1) is 26.0. The van der Waals surface area contributed by atoms with Gasteiger partial charge in [-0.1, -0.05) is 43.4 Å². The number of rotatable bonds is 4. The van der Waals surface area contributed by atoms with Gasteiger partial charge in [-0.05, 0) is 57.2 Å². The Balaban J connectivity index is 1.69. The Morgan fingerprint density at radius 2 is 1.92 bits per heavy atom. The summed E-state index contributed by atoms with van der Waals surface area (Å²) in [4.78, 5) is 45.7. The first-order valence-corrected chi connectivity index (χ1v) is 14.0. The molecule has 2 fully saturated rings. The van der Waals surface area contributed by atoms with E-state index in [-0.39, 0.29) is 24.4 Å². The van der Waals surface area contributed by atoms with E-state index in [1.165, 1.54) is 11.8 Å². The number of carbonyl (C=O) groups is 3. The summed E-state index contributed by atoms with van der Waals surface area (Å²) in [6, 6.07) is 4.65. The number of hydrogen-bond acceptors (Lipinski definition) is 6. The lowest BCUT2D eigenvalue weighted by atomic mass is 9.74. The molecule has 1 spiro atoms. The average Bonchev–Trinajstić information content (AvgIpc) is 3.21. The molecular formula is C29H36N2O5S. The molecule has 37 heavy (non-hydrogen) atoms. The fourth-order valence-corrected chi connectivity index (χ4v) is 8.75. The summed E-state index contributed by atoms with van der Waals surface area (Å²) in [7, 11) is 0. The van der Waals surface area contributed by atoms with Crippen molar-refractivity contribution in [1.29, 1.82) is 0 Å². The predicted molar refractivity (Wildman–Crippen MR) is 144 cm³/mol. The van der Waals surface area contributed by atoms with Gasteiger partial charge in [0, 0.05) is 17.0 Å². The number of thioether (sulfide) groups is 1. The number of fused-ring (bicyclic) bond motifs is 2. The predicted octanol–water partition coefficient (Wildman–Crippen LogP) is 3.56. The normalized spacial score (nSPS) is 35.1. The summed E-state index contributed by atoms with van der Waals surface area (Å²) < 4.78 is 4.01. The highest BCUT2D eigenvalue weighted by Crippen LogP contribution is 2.65. The van der Waals surface area contributed by atoms with Gasteiger partial charge in [-0.15, -0.1) is 11.8 Å². The van der Waals surface area contributed by atoms with Crippen LogP contribution in [0.25, 0.3) is 0 Å². The van der Waals surface area contributed by atoms with Gasteiger partial charge in [0.15, 0.2) is 0 Å². The molecule has 4 aliphatic rings. The van der Waals surface area contributed by atoms with E-state index < -0.39 is 33.4 Å². The Morgan fingerprint density at radius 1 is 1.14 bits per heavy atom. The molecule has 1 unspecified atom stereocenters. The number of aliphatic hydroxyl groups excluding tert-OH is 1. The summed E-state index contributed by atoms with van der Waals surface area (Å²) in [5.41, 5.74) is 2.83. The molecule has 6 atom stereocenters. The topological polar surface area (TPSA) is 87.2 Å². The monoisotopic (exact) mass is 524 g/mol. The van der Waals surface area contributed by atoms with Gasteiger partial charge in [0.2, 0.25) is 5.91 Å². The largest absolute Gasteiger partial charge is 0.465 e. The molecule has 7 nitrogen and oxygen atoms in total. The average molecular weight is 525 g/mol. The molecule has 0 aromatic heterocycles. The molecule has 0 radical (unpaired) electrons. The van der Waals surface area contributed by atoms with Crippen LogP contribution < -0.4 is 4.90 Å². The van der Waals surface area contributed by atoms with Crippen LogP contribution >= 0.6 is 11.8 Å². The number of esters is 1. The molecule has 1 N–H and O–H groups in total. The third-order valence-electron chi connectivity index (χ3n) is 8.42. The van der Waals surface area contributed by atoms with Crippen LogP contribution in [0.4, 0.5) is 5.69 Å². The van der Waals surface area contributed by atoms with Gasteiger partial charge >= 0.3 is 5.97 Å². The summed E-state index contributed by atoms with van der Waals surface area (Å²) in [5, 5.41) is 10.3. The second-order valence-electron chi connectivity index (χ2n) is 10.8. The highest BCUT2D eigenvalue weighted by molar-refractivity contribution is 8.02. The third-order valence-corrected chi connectivity index (χ3v) is 10.2. The van der Waals surface area contributed by atoms with E-state index in [4.69, 9.17) is 4.74 Å². The van der Waals surface area contributed by atoms with Crippen molar-refractivity contribution in [2.24, 2.45) is 11.8 Å². The van der Waals surface area contributed by atoms with Crippen molar-refractivity contribution in [3.05, 3.63) is 53.6 Å². The van der Waals surface area contributed by atoms with E-state index >= 15 is 0 Å². The molecule has 4 aliphatic heterocycles. The number of cyclic esters (lactones) is 1. The van der Waals surface area contributed by atoms with Crippen molar-refractivity contribution in [3.63, 3.8) is 0 Å². The highest BCUT2D eigenvalue weighted by Gasteiger charge is 2.74. The fourth-order valence-electron chi connectivity index (χ4n) is 6.61. The fraction of sp³-hybridized carbons (Fsp3) is 0.552. The molecule has 1 aromatic rings. The minimum atomic E-state index is -0.953. The zero-order chi connectivity index (χ0) is 26.5. The molecule has 0 saturated carbocycles. The van der Waals surface area contributed by atoms with Gasteiger partial charge in [-0.25, -0.2) is 0 Å². The van der Waals surface area contributed by atoms with E-state index in [0.29, 0.717) is 19.6 Å². The molecular weight excluding hydrogens is 488 g/mol. The van der Waals surface area contributed by atoms with Crippen molar-refractivity contribution >= 4 is 35.2 Å². The zero-order valence-electron chi connectivity index (χ0n) is 22.0. The summed E-state index contributed by atoms with van der Waals surface area (Å²) in [5.74, 6) is -2.31. The van der Waals surface area contributed by atoms with Crippen LogP contribution in [0.3, 0.4) is 0 Å². The van der Waals surface area contributed by atoms with Gasteiger partial charge in [0.05, 0.1) is 35.8 Å². The smallest absolute Gasteiger partial charge is 0.311 e. The number of ether oxygens (including phenoxy) is 1. The molecule has 2 saturated heterocycles. The molecule has 1 aromatic carbocycles. The van der Waals surface area contributed by atoms with Crippen LogP contribution in [0.5, 0.6) is 0 Å². The van der Waals surface area contributed by atoms with E-state index in [2.05, 4.69) is 6.08 Å². The molecule has 0 bridgehead atoms. The maximum absolute atomic E-state index is 14.6. The van der Waals surface area contributed by atoms with E-state index in [1.54, 1.807) is 9.80 Å². The quantitative estimate of drug-likeness (QED) is 0.479. The Labute approximate surface area is 222 Å². The SMILES string of the molecule is CC[C@@H](CO)N1C(=O)[C@@H]2[C@@H]3C(=O)OCCC/C=C\[C@]3(C)S[C@@]23C=CCN(c2cc(C)ccc2C)C(=O)C13. The molecule has 198 valence electrons. The molecule has 4 heterocycles. The summed E-state index contributed by atoms with van der Waals surface area (Å²) in [6.45, 7) is 8.29. The maximum Gasteiger partial charge on any atom is 0.311 e. The Bertz CT molecular complexity index is 1180. The van der Waals surface area contributed by atoms with Gasteiger partial charge in [-0.2, -0.15) is 0 Å². The van der Waals surface area contributed by atoms with E-state index in [1.807, 2.05) is 64.1 Å². The van der Waals surface area contributed by atoms with Crippen LogP contribution in [-0.4, -0.2) is 69.1 Å². The van der Waals surface area contributed by atoms with Crippen LogP contribution in [0, 0.1) is 25.7 Å². The van der Waals surface area contributed by atoms with Crippen LogP contribution in [0.2, 0.25) is 0 Å². The number of aliphatic hydroxyl groups is 1. The van der Waals surface area contributed by atoms with Crippen LogP contribution in [0.15, 0.2) is 42.5 Å². The number of carbonyl (C=O) groups excluding carboxylic acids is 3. The minimum Gasteiger partial charge on any atom is -0.465 e. The van der Waals surface area contributed by atoms with Gasteiger partial charge < -0.3 is 19.6 Å². The Kier molecular flexibility index (Phi) is 6.77. The molecule has 5 rings (SSSR count). The number of likely N-dealkylation sites (tertiary alicyclic amines) is 1. The summed E-state index contributed by atoms with van der Waals surface area (Å²) >= 11 is 1.54. The van der Waals surface area contributed by atoms with Crippen molar-refractivity contribution in [1.82, 2.24) is 4.90 Å². The lowest BCUT2D eigenvalue weighted by Crippen LogP contribution is -2.57. The number of amides is 2. The maximum atomic E-state index is 14.6. The molecule has 0 aliphatic carbocycles. The second kappa shape index (κ2) is 9.62. The standard InChI is InChI=1S/C29H36N2O5S/c1-5-20(17-32)31-24-26(34)30(21-16-18(2)10-11-19(21)3)14-9-13-29(24)22(25(31)33)23-27(35)36-15-8-6-7-12-28(23,4)37-29/h7,9-13,16,20,22-24,32H,5-6,8,14-15,17H2,1-4H3/b12-7-/t20-,22-,23+,24?,28-,29-/m0/s1. The van der Waals surface area contributed by atoms with Gasteiger partial charge in [0.1, 0.15) is 6.04 Å². The van der Waals surface area contributed by atoms with Crippen LogP contribution in [-0.2, 0) is 19.1 Å². The third kappa shape index (κ3) is 3.95. The number of aryl methyl sites for hydroxylation is 2. The van der Waals surface area contributed by atoms with Crippen molar-refractivity contribution in [3.8, 4) is 0 Å². The van der Waals surface area contributed by atoms with Crippen molar-refractivity contribution in [2.45, 2.75) is 68.5 Å². The van der Waals surface area contributed by atoms with E-state index in [0.717, 1.165) is 29.7 Å². The Hall–Kier alpha value is -2.58. The number of anilines is 1. The number of allylic oxidation sites excluding steroid dienone is 1. The summed E-state index contributed by atoms with van der Waals surface area (Å²) in [6.07, 6.45) is 10.1. The Morgan fingerprint density at radius 3 is 2.65 bits per heavy atom. The lowest BCUT2D eigenvalue weighted by molar-refractivity contribution is -0.154. The highest BCUT2D eigenvalue weighted by atomic mass is 32.2.